The Morgan fingerprint density at radius 3 is 1.98 bits per heavy atom. The Kier molecular flexibility index (Phi) is 12.2. The van der Waals surface area contributed by atoms with Crippen molar-refractivity contribution >= 4 is 41.3 Å². The first-order valence-electron chi connectivity index (χ1n) is 18.3. The van der Waals surface area contributed by atoms with Gasteiger partial charge in [0.25, 0.3) is 0 Å². The molecule has 6 rings (SSSR count). The van der Waals surface area contributed by atoms with Gasteiger partial charge >= 0.3 is 6.03 Å². The minimum absolute atomic E-state index is 0.0225. The van der Waals surface area contributed by atoms with Crippen molar-refractivity contribution < 1.29 is 24.0 Å². The van der Waals surface area contributed by atoms with E-state index in [1.165, 1.54) is 30.6 Å². The summed E-state index contributed by atoms with van der Waals surface area (Å²) in [5.41, 5.74) is -0.508. The summed E-state index contributed by atoms with van der Waals surface area (Å²) >= 11 is 1.94. The number of nitrogens with zero attached hydrogens (tertiary/aromatic N) is 1. The quantitative estimate of drug-likeness (QED) is 0.123. The van der Waals surface area contributed by atoms with Crippen molar-refractivity contribution in [2.24, 2.45) is 34.5 Å². The van der Waals surface area contributed by atoms with E-state index >= 15 is 0 Å². The highest BCUT2D eigenvalue weighted by atomic mass is 32.2. The number of amides is 5. The van der Waals surface area contributed by atoms with E-state index in [0.29, 0.717) is 47.8 Å². The summed E-state index contributed by atoms with van der Waals surface area (Å²) in [5.74, 6) is 2.22. The molecular weight excluding hydrogens is 625 g/mol. The predicted molar refractivity (Wildman–Crippen MR) is 192 cm³/mol. The standard InChI is InChI=1S/C15H26N2O2S.C13H17NO2.C10H19NO/c1-15(2,3)8-10(18)6-4-5-7-12-13-11(9-20-12)16-14(19)17-13;1-13(2,3)14-11(15)9-7-4-5-8(6-7)10(9)12(14)16;1-10(2,3)9(12)11-8-6-4-5-7-8/h11-13H,4-9H2,1-3H3,(H2,16,17,19);4-5,7-10H,6H2,1-3H3;8H,4-7H2,1-3H3,(H,11,12). The van der Waals surface area contributed by atoms with Crippen LogP contribution in [-0.4, -0.2) is 69.1 Å². The van der Waals surface area contributed by atoms with Crippen LogP contribution in [0.3, 0.4) is 0 Å². The SMILES string of the molecule is CC(C)(C)C(=O)NC1CCCC1.CC(C)(C)CC(=O)CCCCC1SCC2NC(=O)NC21.CC(C)(C)N1C(=O)C2C3C=CC(C3)C2C1=O. The highest BCUT2D eigenvalue weighted by Crippen LogP contribution is 2.53. The molecule has 7 unspecified atom stereocenters. The van der Waals surface area contributed by atoms with E-state index in [1.807, 2.05) is 53.3 Å². The molecule has 3 aliphatic carbocycles. The summed E-state index contributed by atoms with van der Waals surface area (Å²) in [7, 11) is 0. The molecule has 270 valence electrons. The van der Waals surface area contributed by atoms with Crippen LogP contribution < -0.4 is 16.0 Å². The first-order chi connectivity index (χ1) is 22.3. The van der Waals surface area contributed by atoms with Gasteiger partial charge < -0.3 is 16.0 Å². The second-order valence-electron chi connectivity index (χ2n) is 18.0. The number of imide groups is 1. The summed E-state index contributed by atoms with van der Waals surface area (Å²) in [6.45, 7) is 18.0. The van der Waals surface area contributed by atoms with Gasteiger partial charge in [-0.2, -0.15) is 11.8 Å². The van der Waals surface area contributed by atoms with Crippen LogP contribution in [0.25, 0.3) is 0 Å². The molecule has 3 aliphatic heterocycles. The zero-order chi connectivity index (χ0) is 35.6. The van der Waals surface area contributed by atoms with Gasteiger partial charge in [-0.1, -0.05) is 73.0 Å². The minimum Gasteiger partial charge on any atom is -0.353 e. The van der Waals surface area contributed by atoms with Crippen molar-refractivity contribution in [2.75, 3.05) is 5.75 Å². The number of ketones is 1. The normalized spacial score (nSPS) is 30.6. The smallest absolute Gasteiger partial charge is 0.315 e. The highest BCUT2D eigenvalue weighted by Gasteiger charge is 2.61. The Bertz CT molecular complexity index is 1210. The number of rotatable bonds is 7. The van der Waals surface area contributed by atoms with E-state index in [-0.39, 0.29) is 58.0 Å². The lowest BCUT2D eigenvalue weighted by molar-refractivity contribution is -0.146. The molecule has 0 aromatic heterocycles. The van der Waals surface area contributed by atoms with Crippen LogP contribution >= 0.6 is 11.8 Å². The molecule has 0 aromatic carbocycles. The molecule has 0 radical (unpaired) electrons. The molecule has 3 N–H and O–H groups in total. The van der Waals surface area contributed by atoms with Gasteiger partial charge in [-0.25, -0.2) is 4.79 Å². The fourth-order valence-corrected chi connectivity index (χ4v) is 9.57. The van der Waals surface area contributed by atoms with Crippen LogP contribution in [0.5, 0.6) is 0 Å². The number of hydrogen-bond donors (Lipinski definition) is 3. The molecule has 0 spiro atoms. The summed E-state index contributed by atoms with van der Waals surface area (Å²) < 4.78 is 0. The number of fused-ring (bicyclic) bond motifs is 6. The number of urea groups is 1. The second-order valence-corrected chi connectivity index (χ2v) is 19.3. The molecule has 9 nitrogen and oxygen atoms in total. The number of allylic oxidation sites excluding steroid dienone is 2. The molecule has 3 heterocycles. The molecule has 48 heavy (non-hydrogen) atoms. The summed E-state index contributed by atoms with van der Waals surface area (Å²) in [6, 6.07) is 1.03. The van der Waals surface area contributed by atoms with Crippen molar-refractivity contribution in [3.63, 3.8) is 0 Å². The number of carbonyl (C=O) groups is 5. The maximum absolute atomic E-state index is 12.3. The number of carbonyl (C=O) groups excluding carboxylic acids is 5. The van der Waals surface area contributed by atoms with Crippen LogP contribution in [-0.2, 0) is 19.2 Å². The molecule has 10 heteroatoms. The molecule has 3 saturated heterocycles. The topological polar surface area (TPSA) is 125 Å². The second kappa shape index (κ2) is 15.3. The third kappa shape index (κ3) is 9.66. The first kappa shape index (κ1) is 38.4. The van der Waals surface area contributed by atoms with Gasteiger partial charge in [-0.15, -0.1) is 0 Å². The van der Waals surface area contributed by atoms with E-state index in [4.69, 9.17) is 0 Å². The Hall–Kier alpha value is -2.36. The molecule has 5 amide bonds. The lowest BCUT2D eigenvalue weighted by Crippen LogP contribution is -2.46. The van der Waals surface area contributed by atoms with E-state index in [0.717, 1.165) is 31.4 Å². The lowest BCUT2D eigenvalue weighted by Gasteiger charge is -2.31. The lowest BCUT2D eigenvalue weighted by atomic mass is 9.85. The zero-order valence-electron chi connectivity index (χ0n) is 30.9. The molecule has 2 bridgehead atoms. The van der Waals surface area contributed by atoms with E-state index in [2.05, 4.69) is 48.9 Å². The average molecular weight is 687 g/mol. The van der Waals surface area contributed by atoms with Gasteiger partial charge in [0, 0.05) is 40.8 Å². The van der Waals surface area contributed by atoms with Gasteiger partial charge in [0.1, 0.15) is 5.78 Å². The predicted octanol–water partition coefficient (Wildman–Crippen LogP) is 6.40. The van der Waals surface area contributed by atoms with E-state index in [1.54, 1.807) is 0 Å². The van der Waals surface area contributed by atoms with Gasteiger partial charge in [-0.05, 0) is 70.1 Å². The number of hydrogen-bond acceptors (Lipinski definition) is 6. The van der Waals surface area contributed by atoms with Crippen molar-refractivity contribution in [3.8, 4) is 0 Å². The van der Waals surface area contributed by atoms with Crippen LogP contribution in [0.15, 0.2) is 12.2 Å². The van der Waals surface area contributed by atoms with Gasteiger partial charge in [-0.3, -0.25) is 24.1 Å². The fraction of sp³-hybridized carbons (Fsp3) is 0.816. The molecule has 7 atom stereocenters. The molecule has 6 aliphatic rings. The van der Waals surface area contributed by atoms with Crippen molar-refractivity contribution in [2.45, 2.75) is 155 Å². The van der Waals surface area contributed by atoms with Crippen molar-refractivity contribution in [3.05, 3.63) is 12.2 Å². The maximum Gasteiger partial charge on any atom is 0.315 e. The zero-order valence-corrected chi connectivity index (χ0v) is 31.8. The average Bonchev–Trinajstić information content (AvgIpc) is 3.78. The van der Waals surface area contributed by atoms with Crippen LogP contribution in [0.4, 0.5) is 4.79 Å². The monoisotopic (exact) mass is 686 g/mol. The largest absolute Gasteiger partial charge is 0.353 e. The summed E-state index contributed by atoms with van der Waals surface area (Å²) in [5, 5.41) is 9.55. The van der Waals surface area contributed by atoms with Crippen molar-refractivity contribution in [1.82, 2.24) is 20.9 Å². The Morgan fingerprint density at radius 1 is 0.875 bits per heavy atom. The maximum atomic E-state index is 12.3. The van der Waals surface area contributed by atoms with Crippen molar-refractivity contribution in [1.29, 1.82) is 0 Å². The van der Waals surface area contributed by atoms with Gasteiger partial charge in [0.05, 0.1) is 23.9 Å². The number of likely N-dealkylation sites (tertiary alicyclic amines) is 1. The molecule has 5 fully saturated rings. The Labute approximate surface area is 293 Å². The summed E-state index contributed by atoms with van der Waals surface area (Å²) in [4.78, 5) is 60.7. The summed E-state index contributed by atoms with van der Waals surface area (Å²) in [6.07, 6.45) is 14.7. The highest BCUT2D eigenvalue weighted by molar-refractivity contribution is 8.00. The first-order valence-corrected chi connectivity index (χ1v) is 19.4. The third-order valence-corrected chi connectivity index (χ3v) is 11.9. The Balaban J connectivity index is 0.000000168. The molecule has 2 saturated carbocycles. The minimum atomic E-state index is -0.377. The molecule has 0 aromatic rings. The van der Waals surface area contributed by atoms with E-state index in [9.17, 15) is 24.0 Å². The van der Waals surface area contributed by atoms with Crippen LogP contribution in [0.2, 0.25) is 0 Å². The Morgan fingerprint density at radius 2 is 1.46 bits per heavy atom. The number of thioether (sulfide) groups is 1. The van der Waals surface area contributed by atoms with E-state index < -0.39 is 0 Å². The number of nitrogens with one attached hydrogen (secondary N) is 3. The van der Waals surface area contributed by atoms with Crippen LogP contribution in [0, 0.1) is 34.5 Å². The fourth-order valence-electron chi connectivity index (χ4n) is 8.03. The number of Topliss-reactive ketones (excluding diaryl/α,β-unsaturated/α-hetero) is 1. The van der Waals surface area contributed by atoms with Crippen LogP contribution in [0.1, 0.15) is 127 Å². The number of unbranched alkanes of at least 4 members (excludes halogenated alkanes) is 1. The third-order valence-electron chi connectivity index (χ3n) is 10.4. The van der Waals surface area contributed by atoms with Gasteiger partial charge in [0.15, 0.2) is 0 Å². The van der Waals surface area contributed by atoms with Gasteiger partial charge in [0.2, 0.25) is 17.7 Å². The molecular formula is C38H62N4O5S.